The topological polar surface area (TPSA) is 57.6 Å². The zero-order valence-corrected chi connectivity index (χ0v) is 11.8. The van der Waals surface area contributed by atoms with Crippen LogP contribution in [0.5, 0.6) is 5.75 Å². The normalized spacial score (nSPS) is 18.9. The lowest BCUT2D eigenvalue weighted by molar-refractivity contribution is -0.140. The molecule has 20 heavy (non-hydrogen) atoms. The number of hydrogen-bond acceptors (Lipinski definition) is 3. The maximum atomic E-state index is 12.4. The summed E-state index contributed by atoms with van der Waals surface area (Å²) in [6.07, 6.45) is 3.53. The Morgan fingerprint density at radius 2 is 1.95 bits per heavy atom. The highest BCUT2D eigenvalue weighted by atomic mass is 16.3. The van der Waals surface area contributed by atoms with Gasteiger partial charge in [0.15, 0.2) is 5.78 Å². The number of amides is 1. The highest BCUT2D eigenvalue weighted by Crippen LogP contribution is 2.20. The summed E-state index contributed by atoms with van der Waals surface area (Å²) in [5, 5.41) is 9.25. The minimum absolute atomic E-state index is 0.00203. The van der Waals surface area contributed by atoms with Crippen molar-refractivity contribution < 1.29 is 14.7 Å². The Labute approximate surface area is 119 Å². The van der Waals surface area contributed by atoms with Crippen molar-refractivity contribution in [2.24, 2.45) is 0 Å². The number of phenols is 1. The first-order chi connectivity index (χ1) is 9.61. The molecular weight excluding hydrogens is 254 g/mol. The van der Waals surface area contributed by atoms with Crippen molar-refractivity contribution in [2.75, 3.05) is 6.54 Å². The predicted octanol–water partition coefficient (Wildman–Crippen LogP) is 2.29. The van der Waals surface area contributed by atoms with E-state index in [9.17, 15) is 14.7 Å². The number of piperidine rings is 1. The first kappa shape index (κ1) is 14.6. The number of carbonyl (C=O) groups excluding carboxylic acids is 2. The molecule has 1 unspecified atom stereocenters. The number of nitrogens with zero attached hydrogens (tertiary/aromatic N) is 1. The molecule has 108 valence electrons. The van der Waals surface area contributed by atoms with Gasteiger partial charge in [-0.3, -0.25) is 9.59 Å². The van der Waals surface area contributed by atoms with Gasteiger partial charge >= 0.3 is 0 Å². The van der Waals surface area contributed by atoms with E-state index in [1.54, 1.807) is 29.2 Å². The number of benzene rings is 1. The highest BCUT2D eigenvalue weighted by molar-refractivity contribution is 5.89. The molecule has 4 nitrogen and oxygen atoms in total. The summed E-state index contributed by atoms with van der Waals surface area (Å²) in [6, 6.07) is 6.40. The van der Waals surface area contributed by atoms with E-state index in [2.05, 4.69) is 0 Å². The molecule has 1 saturated heterocycles. The second-order valence-electron chi connectivity index (χ2n) is 5.26. The second kappa shape index (κ2) is 6.55. The van der Waals surface area contributed by atoms with Crippen LogP contribution < -0.4 is 0 Å². The zero-order valence-electron chi connectivity index (χ0n) is 11.8. The van der Waals surface area contributed by atoms with Gasteiger partial charge in [-0.05, 0) is 37.0 Å². The monoisotopic (exact) mass is 275 g/mol. The van der Waals surface area contributed by atoms with E-state index >= 15 is 0 Å². The lowest BCUT2D eigenvalue weighted by atomic mass is 9.96. The first-order valence-corrected chi connectivity index (χ1v) is 7.22. The number of rotatable bonds is 4. The number of Topliss-reactive ketones (excluding diaryl/α,β-unsaturated/α-hetero) is 1. The van der Waals surface area contributed by atoms with Crippen molar-refractivity contribution in [3.05, 3.63) is 29.8 Å². The smallest absolute Gasteiger partial charge is 0.227 e. The molecule has 1 fully saturated rings. The molecule has 1 aromatic rings. The molecule has 0 spiro atoms. The van der Waals surface area contributed by atoms with E-state index in [0.29, 0.717) is 13.0 Å². The molecule has 1 aromatic carbocycles. The Morgan fingerprint density at radius 1 is 1.25 bits per heavy atom. The summed E-state index contributed by atoms with van der Waals surface area (Å²) in [6.45, 7) is 2.52. The van der Waals surface area contributed by atoms with Gasteiger partial charge in [0.1, 0.15) is 5.75 Å². The summed E-state index contributed by atoms with van der Waals surface area (Å²) >= 11 is 0. The molecule has 1 aliphatic heterocycles. The van der Waals surface area contributed by atoms with E-state index in [-0.39, 0.29) is 29.9 Å². The fourth-order valence-corrected chi connectivity index (χ4v) is 2.69. The maximum Gasteiger partial charge on any atom is 0.227 e. The summed E-state index contributed by atoms with van der Waals surface area (Å²) in [4.78, 5) is 26.1. The minimum atomic E-state index is -0.238. The fourth-order valence-electron chi connectivity index (χ4n) is 2.69. The largest absolute Gasteiger partial charge is 0.508 e. The number of phenolic OH excluding ortho intramolecular Hbond substituents is 1. The first-order valence-electron chi connectivity index (χ1n) is 7.22. The van der Waals surface area contributed by atoms with Gasteiger partial charge in [0, 0.05) is 13.0 Å². The van der Waals surface area contributed by atoms with Gasteiger partial charge in [-0.25, -0.2) is 0 Å². The lowest BCUT2D eigenvalue weighted by Gasteiger charge is -2.34. The lowest BCUT2D eigenvalue weighted by Crippen LogP contribution is -2.48. The van der Waals surface area contributed by atoms with E-state index in [1.165, 1.54) is 0 Å². The van der Waals surface area contributed by atoms with Crippen molar-refractivity contribution in [2.45, 2.75) is 45.1 Å². The molecule has 1 N–H and O–H groups in total. The van der Waals surface area contributed by atoms with Crippen molar-refractivity contribution in [1.29, 1.82) is 0 Å². The molecule has 0 radical (unpaired) electrons. The van der Waals surface area contributed by atoms with Crippen LogP contribution in [0.15, 0.2) is 24.3 Å². The highest BCUT2D eigenvalue weighted by Gasteiger charge is 2.30. The van der Waals surface area contributed by atoms with Crippen LogP contribution in [-0.2, 0) is 16.0 Å². The molecule has 0 aromatic heterocycles. The Kier molecular flexibility index (Phi) is 4.77. The van der Waals surface area contributed by atoms with Gasteiger partial charge in [0.25, 0.3) is 0 Å². The Hall–Kier alpha value is -1.84. The summed E-state index contributed by atoms with van der Waals surface area (Å²) in [7, 11) is 0. The number of hydrogen-bond donors (Lipinski definition) is 1. The third kappa shape index (κ3) is 3.38. The minimum Gasteiger partial charge on any atom is -0.508 e. The number of carbonyl (C=O) groups is 2. The summed E-state index contributed by atoms with van der Waals surface area (Å²) in [5.41, 5.74) is 0.862. The standard InChI is InChI=1S/C16H21NO3/c1-2-15(19)14-5-3-4-10-17(14)16(20)11-12-6-8-13(18)9-7-12/h6-9,14,18H,2-5,10-11H2,1H3. The maximum absolute atomic E-state index is 12.4. The molecule has 1 aliphatic rings. The van der Waals surface area contributed by atoms with E-state index < -0.39 is 0 Å². The molecule has 0 aliphatic carbocycles. The van der Waals surface area contributed by atoms with Crippen LogP contribution in [0.1, 0.15) is 38.2 Å². The number of ketones is 1. The quantitative estimate of drug-likeness (QED) is 0.917. The van der Waals surface area contributed by atoms with Crippen molar-refractivity contribution in [1.82, 2.24) is 4.90 Å². The van der Waals surface area contributed by atoms with Gasteiger partial charge in [0.05, 0.1) is 12.5 Å². The van der Waals surface area contributed by atoms with Gasteiger partial charge in [0.2, 0.25) is 5.91 Å². The van der Waals surface area contributed by atoms with Crippen LogP contribution in [0, 0.1) is 0 Å². The van der Waals surface area contributed by atoms with Crippen molar-refractivity contribution in [3.63, 3.8) is 0 Å². The summed E-state index contributed by atoms with van der Waals surface area (Å²) < 4.78 is 0. The Morgan fingerprint density at radius 3 is 2.60 bits per heavy atom. The van der Waals surface area contributed by atoms with Crippen LogP contribution in [0.25, 0.3) is 0 Å². The second-order valence-corrected chi connectivity index (χ2v) is 5.26. The number of likely N-dealkylation sites (tertiary alicyclic amines) is 1. The summed E-state index contributed by atoms with van der Waals surface area (Å²) in [5.74, 6) is 0.351. The molecular formula is C16H21NO3. The third-order valence-electron chi connectivity index (χ3n) is 3.83. The van der Waals surface area contributed by atoms with Gasteiger partial charge < -0.3 is 10.0 Å². The molecule has 1 amide bonds. The van der Waals surface area contributed by atoms with Gasteiger partial charge in [-0.15, -0.1) is 0 Å². The van der Waals surface area contributed by atoms with Gasteiger partial charge in [-0.1, -0.05) is 19.1 Å². The molecule has 2 rings (SSSR count). The van der Waals surface area contributed by atoms with Crippen LogP contribution >= 0.6 is 0 Å². The molecule has 0 saturated carbocycles. The molecule has 1 heterocycles. The molecule has 1 atom stereocenters. The zero-order chi connectivity index (χ0) is 14.5. The predicted molar refractivity (Wildman–Crippen MR) is 76.5 cm³/mol. The Bertz CT molecular complexity index is 481. The fraction of sp³-hybridized carbons (Fsp3) is 0.500. The van der Waals surface area contributed by atoms with E-state index in [0.717, 1.165) is 24.8 Å². The van der Waals surface area contributed by atoms with Crippen LogP contribution in [0.4, 0.5) is 0 Å². The van der Waals surface area contributed by atoms with Crippen molar-refractivity contribution in [3.8, 4) is 5.75 Å². The number of aromatic hydroxyl groups is 1. The Balaban J connectivity index is 2.05. The van der Waals surface area contributed by atoms with E-state index in [1.807, 2.05) is 6.92 Å². The molecule has 0 bridgehead atoms. The van der Waals surface area contributed by atoms with Gasteiger partial charge in [-0.2, -0.15) is 0 Å². The van der Waals surface area contributed by atoms with E-state index in [4.69, 9.17) is 0 Å². The molecule has 4 heteroatoms. The van der Waals surface area contributed by atoms with Crippen LogP contribution in [-0.4, -0.2) is 34.3 Å². The SMILES string of the molecule is CCC(=O)C1CCCCN1C(=O)Cc1ccc(O)cc1. The van der Waals surface area contributed by atoms with Crippen LogP contribution in [0.3, 0.4) is 0 Å². The average Bonchev–Trinajstić information content (AvgIpc) is 2.48. The average molecular weight is 275 g/mol. The third-order valence-corrected chi connectivity index (χ3v) is 3.83. The van der Waals surface area contributed by atoms with Crippen molar-refractivity contribution >= 4 is 11.7 Å². The van der Waals surface area contributed by atoms with Crippen LogP contribution in [0.2, 0.25) is 0 Å².